The van der Waals surface area contributed by atoms with Gasteiger partial charge in [-0.05, 0) is 44.9 Å². The third kappa shape index (κ3) is 18.6. The quantitative estimate of drug-likeness (QED) is 0.110. The van der Waals surface area contributed by atoms with Gasteiger partial charge in [-0.2, -0.15) is 0 Å². The lowest BCUT2D eigenvalue weighted by Crippen LogP contribution is -2.17. The Morgan fingerprint density at radius 3 is 1.71 bits per heavy atom. The number of unbranched alkanes of at least 4 members (excludes halogenated alkanes) is 13. The molecule has 0 N–H and O–H groups in total. The summed E-state index contributed by atoms with van der Waals surface area (Å²) >= 11 is 0. The Morgan fingerprint density at radius 2 is 1.18 bits per heavy atom. The van der Waals surface area contributed by atoms with Crippen molar-refractivity contribution in [2.45, 2.75) is 136 Å². The molecule has 1 unspecified atom stereocenters. The van der Waals surface area contributed by atoms with Crippen molar-refractivity contribution in [1.82, 2.24) is 0 Å². The Bertz CT molecular complexity index is 348. The average molecular weight is 395 g/mol. The third-order valence-corrected chi connectivity index (χ3v) is 5.63. The molecule has 0 heterocycles. The van der Waals surface area contributed by atoms with E-state index in [1.165, 1.54) is 83.5 Å². The van der Waals surface area contributed by atoms with Crippen LogP contribution in [-0.4, -0.2) is 12.6 Å². The van der Waals surface area contributed by atoms with Crippen molar-refractivity contribution in [3.63, 3.8) is 0 Å². The average Bonchev–Trinajstić information content (AvgIpc) is 2.70. The van der Waals surface area contributed by atoms with Crippen molar-refractivity contribution in [1.29, 1.82) is 0 Å². The van der Waals surface area contributed by atoms with Crippen molar-refractivity contribution < 1.29 is 9.53 Å². The van der Waals surface area contributed by atoms with E-state index in [1.54, 1.807) is 0 Å². The normalized spacial score (nSPS) is 12.5. The van der Waals surface area contributed by atoms with Gasteiger partial charge in [-0.15, -0.1) is 0 Å². The second-order valence-electron chi connectivity index (χ2n) is 8.35. The van der Waals surface area contributed by atoms with E-state index in [9.17, 15) is 4.79 Å². The van der Waals surface area contributed by atoms with Gasteiger partial charge in [0.1, 0.15) is 0 Å². The largest absolute Gasteiger partial charge is 0.465 e. The predicted octanol–water partition coefficient (Wildman–Crippen LogP) is 8.78. The number of hydrogen-bond donors (Lipinski definition) is 0. The zero-order valence-electron chi connectivity index (χ0n) is 19.5. The highest BCUT2D eigenvalue weighted by Gasteiger charge is 2.16. The number of ether oxygens (including phenoxy) is 1. The molecular formula is C26H50O2. The Labute approximate surface area is 176 Å². The lowest BCUT2D eigenvalue weighted by Gasteiger charge is -2.13. The molecule has 0 aromatic carbocycles. The van der Waals surface area contributed by atoms with E-state index < -0.39 is 0 Å². The molecule has 1 atom stereocenters. The van der Waals surface area contributed by atoms with Gasteiger partial charge in [0.25, 0.3) is 0 Å². The van der Waals surface area contributed by atoms with Crippen LogP contribution < -0.4 is 0 Å². The van der Waals surface area contributed by atoms with Crippen molar-refractivity contribution in [2.75, 3.05) is 6.61 Å². The summed E-state index contributed by atoms with van der Waals surface area (Å²) in [5.74, 6) is 0.151. The minimum Gasteiger partial charge on any atom is -0.465 e. The van der Waals surface area contributed by atoms with Gasteiger partial charge in [0.05, 0.1) is 12.5 Å². The second kappa shape index (κ2) is 22.5. The molecule has 0 spiro atoms. The molecule has 0 aliphatic rings. The van der Waals surface area contributed by atoms with Crippen LogP contribution in [0, 0.1) is 5.92 Å². The van der Waals surface area contributed by atoms with Gasteiger partial charge in [-0.1, -0.05) is 104 Å². The zero-order chi connectivity index (χ0) is 20.7. The smallest absolute Gasteiger partial charge is 0.308 e. The van der Waals surface area contributed by atoms with E-state index in [1.807, 2.05) is 0 Å². The highest BCUT2D eigenvalue weighted by molar-refractivity contribution is 5.72. The van der Waals surface area contributed by atoms with Crippen LogP contribution in [0.1, 0.15) is 136 Å². The molecule has 0 saturated heterocycles. The predicted molar refractivity (Wildman–Crippen MR) is 124 cm³/mol. The summed E-state index contributed by atoms with van der Waals surface area (Å²) in [5, 5.41) is 0. The van der Waals surface area contributed by atoms with Crippen LogP contribution in [0.2, 0.25) is 0 Å². The Balaban J connectivity index is 3.32. The first kappa shape index (κ1) is 27.2. The van der Waals surface area contributed by atoms with E-state index in [2.05, 4.69) is 32.9 Å². The maximum Gasteiger partial charge on any atom is 0.308 e. The topological polar surface area (TPSA) is 26.3 Å². The summed E-state index contributed by atoms with van der Waals surface area (Å²) < 4.78 is 5.46. The minimum absolute atomic E-state index is 0.0312. The SMILES string of the molecule is CCCCCCCCC=CCCCCCCCCOC(=O)C(CC)CCCC. The van der Waals surface area contributed by atoms with Crippen molar-refractivity contribution in [3.8, 4) is 0 Å². The molecule has 0 radical (unpaired) electrons. The summed E-state index contributed by atoms with van der Waals surface area (Å²) in [6, 6.07) is 0. The van der Waals surface area contributed by atoms with Crippen LogP contribution >= 0.6 is 0 Å². The number of hydrogen-bond acceptors (Lipinski definition) is 2. The van der Waals surface area contributed by atoms with Crippen LogP contribution in [0.25, 0.3) is 0 Å². The van der Waals surface area contributed by atoms with Crippen molar-refractivity contribution >= 4 is 5.97 Å². The molecule has 28 heavy (non-hydrogen) atoms. The molecule has 0 rings (SSSR count). The van der Waals surface area contributed by atoms with Crippen LogP contribution in [0.15, 0.2) is 12.2 Å². The van der Waals surface area contributed by atoms with E-state index in [4.69, 9.17) is 4.74 Å². The van der Waals surface area contributed by atoms with Gasteiger partial charge in [0.15, 0.2) is 0 Å². The summed E-state index contributed by atoms with van der Waals surface area (Å²) in [6.07, 6.45) is 27.2. The lowest BCUT2D eigenvalue weighted by molar-refractivity contribution is -0.149. The molecule has 2 nitrogen and oxygen atoms in total. The number of carbonyl (C=O) groups is 1. The number of rotatable bonds is 21. The van der Waals surface area contributed by atoms with Crippen molar-refractivity contribution in [3.05, 3.63) is 12.2 Å². The minimum atomic E-state index is 0.0312. The number of esters is 1. The Morgan fingerprint density at radius 1 is 0.679 bits per heavy atom. The molecule has 0 aromatic rings. The molecule has 0 fully saturated rings. The summed E-state index contributed by atoms with van der Waals surface area (Å²) in [4.78, 5) is 12.0. The standard InChI is InChI=1S/C26H50O2/c1-4-7-9-10-11-12-13-14-15-16-17-18-19-20-21-22-24-28-26(27)25(6-3)23-8-5-2/h14-15,25H,4-13,16-24H2,1-3H3. The van der Waals surface area contributed by atoms with Crippen LogP contribution in [-0.2, 0) is 9.53 Å². The molecule has 2 heteroatoms. The van der Waals surface area contributed by atoms with Gasteiger partial charge in [0, 0.05) is 0 Å². The monoisotopic (exact) mass is 394 g/mol. The van der Waals surface area contributed by atoms with Gasteiger partial charge < -0.3 is 4.74 Å². The maximum atomic E-state index is 12.0. The first-order chi connectivity index (χ1) is 13.8. The van der Waals surface area contributed by atoms with E-state index >= 15 is 0 Å². The second-order valence-corrected chi connectivity index (χ2v) is 8.35. The zero-order valence-corrected chi connectivity index (χ0v) is 19.5. The lowest BCUT2D eigenvalue weighted by atomic mass is 10.00. The van der Waals surface area contributed by atoms with Crippen LogP contribution in [0.3, 0.4) is 0 Å². The molecule has 0 aliphatic carbocycles. The third-order valence-electron chi connectivity index (χ3n) is 5.63. The molecule has 0 aromatic heterocycles. The molecule has 0 aliphatic heterocycles. The molecule has 0 saturated carbocycles. The first-order valence-corrected chi connectivity index (χ1v) is 12.6. The maximum absolute atomic E-state index is 12.0. The van der Waals surface area contributed by atoms with E-state index in [0.29, 0.717) is 6.61 Å². The van der Waals surface area contributed by atoms with E-state index in [-0.39, 0.29) is 11.9 Å². The molecular weight excluding hydrogens is 344 g/mol. The summed E-state index contributed by atoms with van der Waals surface area (Å²) in [6.45, 7) is 7.15. The fourth-order valence-corrected chi connectivity index (χ4v) is 3.58. The number of carbonyl (C=O) groups excluding carboxylic acids is 1. The summed E-state index contributed by atoms with van der Waals surface area (Å²) in [5.41, 5.74) is 0. The Kier molecular flexibility index (Phi) is 21.9. The van der Waals surface area contributed by atoms with E-state index in [0.717, 1.165) is 32.1 Å². The van der Waals surface area contributed by atoms with Crippen molar-refractivity contribution in [2.24, 2.45) is 5.92 Å². The van der Waals surface area contributed by atoms with Gasteiger partial charge in [-0.3, -0.25) is 4.79 Å². The highest BCUT2D eigenvalue weighted by Crippen LogP contribution is 2.15. The van der Waals surface area contributed by atoms with Gasteiger partial charge in [0.2, 0.25) is 0 Å². The summed E-state index contributed by atoms with van der Waals surface area (Å²) in [7, 11) is 0. The highest BCUT2D eigenvalue weighted by atomic mass is 16.5. The number of allylic oxidation sites excluding steroid dienone is 2. The fraction of sp³-hybridized carbons (Fsp3) is 0.885. The molecule has 166 valence electrons. The fourth-order valence-electron chi connectivity index (χ4n) is 3.58. The Hall–Kier alpha value is -0.790. The van der Waals surface area contributed by atoms with Crippen LogP contribution in [0.4, 0.5) is 0 Å². The first-order valence-electron chi connectivity index (χ1n) is 12.6. The van der Waals surface area contributed by atoms with Gasteiger partial charge >= 0.3 is 5.97 Å². The molecule has 0 amide bonds. The molecule has 0 bridgehead atoms. The van der Waals surface area contributed by atoms with Crippen LogP contribution in [0.5, 0.6) is 0 Å². The van der Waals surface area contributed by atoms with Gasteiger partial charge in [-0.25, -0.2) is 0 Å².